The first-order valence-electron chi connectivity index (χ1n) is 11.6. The van der Waals surface area contributed by atoms with Gasteiger partial charge in [-0.2, -0.15) is 0 Å². The maximum atomic E-state index is 15.0. The Labute approximate surface area is 174 Å². The zero-order valence-electron chi connectivity index (χ0n) is 17.9. The molecule has 0 spiro atoms. The molecule has 0 atom stereocenters. The number of benzene rings is 2. The van der Waals surface area contributed by atoms with Gasteiger partial charge in [-0.3, -0.25) is 0 Å². The first-order chi connectivity index (χ1) is 14.1. The molecule has 2 aliphatic carbocycles. The predicted molar refractivity (Wildman–Crippen MR) is 117 cm³/mol. The highest BCUT2D eigenvalue weighted by Gasteiger charge is 2.26. The second-order valence-electron chi connectivity index (χ2n) is 9.54. The molecule has 0 N–H and O–H groups in total. The van der Waals surface area contributed by atoms with Crippen molar-refractivity contribution in [2.75, 3.05) is 0 Å². The molecule has 29 heavy (non-hydrogen) atoms. The van der Waals surface area contributed by atoms with Gasteiger partial charge in [-0.1, -0.05) is 69.5 Å². The maximum absolute atomic E-state index is 15.0. The van der Waals surface area contributed by atoms with Gasteiger partial charge in [0.05, 0.1) is 0 Å². The minimum Gasteiger partial charge on any atom is -0.203 e. The molecule has 0 amide bonds. The van der Waals surface area contributed by atoms with Crippen molar-refractivity contribution in [2.45, 2.75) is 83.5 Å². The van der Waals surface area contributed by atoms with E-state index in [9.17, 15) is 8.78 Å². The summed E-state index contributed by atoms with van der Waals surface area (Å²) in [5, 5.41) is 0. The molecular formula is C27H34F2. The average molecular weight is 397 g/mol. The zero-order valence-corrected chi connectivity index (χ0v) is 17.9. The van der Waals surface area contributed by atoms with Gasteiger partial charge in [0.1, 0.15) is 0 Å². The fraction of sp³-hybridized carbons (Fsp3) is 0.556. The molecule has 0 heterocycles. The number of rotatable bonds is 4. The number of hydrogen-bond donors (Lipinski definition) is 0. The standard InChI is InChI=1S/C27H34F2/c1-3-19-6-10-22(11-7-19)24-16-17-25(27(29)26(24)28)23-14-12-21(13-15-23)20-8-4-18(2)5-9-20/h12-20,22H,3-11H2,1-2H3. The third kappa shape index (κ3) is 4.42. The van der Waals surface area contributed by atoms with Gasteiger partial charge < -0.3 is 0 Å². The van der Waals surface area contributed by atoms with Gasteiger partial charge in [0.2, 0.25) is 0 Å². The lowest BCUT2D eigenvalue weighted by Gasteiger charge is -2.28. The van der Waals surface area contributed by atoms with E-state index >= 15 is 0 Å². The van der Waals surface area contributed by atoms with E-state index in [1.165, 1.54) is 37.7 Å². The lowest BCUT2D eigenvalue weighted by Crippen LogP contribution is -2.14. The van der Waals surface area contributed by atoms with Crippen LogP contribution in [-0.4, -0.2) is 0 Å². The predicted octanol–water partition coefficient (Wildman–Crippen LogP) is 8.61. The molecule has 2 aromatic carbocycles. The summed E-state index contributed by atoms with van der Waals surface area (Å²) in [6.07, 6.45) is 10.4. The lowest BCUT2D eigenvalue weighted by molar-refractivity contribution is 0.312. The highest BCUT2D eigenvalue weighted by molar-refractivity contribution is 5.65. The molecule has 2 fully saturated rings. The molecule has 0 aromatic heterocycles. The van der Waals surface area contributed by atoms with E-state index in [-0.39, 0.29) is 5.92 Å². The molecule has 0 radical (unpaired) electrons. The Bertz CT molecular complexity index is 807. The van der Waals surface area contributed by atoms with Gasteiger partial charge in [-0.25, -0.2) is 8.78 Å². The minimum atomic E-state index is -0.681. The maximum Gasteiger partial charge on any atom is 0.166 e. The van der Waals surface area contributed by atoms with E-state index in [1.54, 1.807) is 6.07 Å². The Hall–Kier alpha value is -1.70. The minimum absolute atomic E-state index is 0.164. The van der Waals surface area contributed by atoms with Crippen LogP contribution in [0.15, 0.2) is 36.4 Å². The van der Waals surface area contributed by atoms with Crippen LogP contribution in [-0.2, 0) is 0 Å². The summed E-state index contributed by atoms with van der Waals surface area (Å²) in [7, 11) is 0. The van der Waals surface area contributed by atoms with Crippen molar-refractivity contribution in [2.24, 2.45) is 11.8 Å². The van der Waals surface area contributed by atoms with Crippen LogP contribution in [0.4, 0.5) is 8.78 Å². The van der Waals surface area contributed by atoms with E-state index in [0.29, 0.717) is 17.0 Å². The van der Waals surface area contributed by atoms with Crippen LogP contribution < -0.4 is 0 Å². The lowest BCUT2D eigenvalue weighted by atomic mass is 9.77. The van der Waals surface area contributed by atoms with Crippen molar-refractivity contribution in [1.82, 2.24) is 0 Å². The summed E-state index contributed by atoms with van der Waals surface area (Å²) in [5.41, 5.74) is 3.08. The average Bonchev–Trinajstić information content (AvgIpc) is 2.76. The molecule has 0 aliphatic heterocycles. The van der Waals surface area contributed by atoms with Crippen molar-refractivity contribution >= 4 is 0 Å². The van der Waals surface area contributed by atoms with E-state index in [4.69, 9.17) is 0 Å². The molecule has 0 saturated heterocycles. The van der Waals surface area contributed by atoms with Gasteiger partial charge in [-0.15, -0.1) is 0 Å². The molecule has 0 unspecified atom stereocenters. The van der Waals surface area contributed by atoms with Crippen LogP contribution in [0.3, 0.4) is 0 Å². The zero-order chi connectivity index (χ0) is 20.4. The van der Waals surface area contributed by atoms with E-state index in [1.807, 2.05) is 18.2 Å². The topological polar surface area (TPSA) is 0 Å². The molecule has 4 rings (SSSR count). The van der Waals surface area contributed by atoms with Crippen molar-refractivity contribution in [3.8, 4) is 11.1 Å². The fourth-order valence-electron chi connectivity index (χ4n) is 5.51. The van der Waals surface area contributed by atoms with Crippen LogP contribution in [0.2, 0.25) is 0 Å². The number of hydrogen-bond acceptors (Lipinski definition) is 0. The fourth-order valence-corrected chi connectivity index (χ4v) is 5.51. The molecule has 156 valence electrons. The summed E-state index contributed by atoms with van der Waals surface area (Å²) in [5.74, 6) is 1.05. The monoisotopic (exact) mass is 396 g/mol. The summed E-state index contributed by atoms with van der Waals surface area (Å²) in [4.78, 5) is 0. The summed E-state index contributed by atoms with van der Waals surface area (Å²) < 4.78 is 29.9. The van der Waals surface area contributed by atoms with E-state index in [2.05, 4.69) is 26.0 Å². The molecule has 2 heteroatoms. The van der Waals surface area contributed by atoms with Crippen LogP contribution in [0.25, 0.3) is 11.1 Å². The van der Waals surface area contributed by atoms with Gasteiger partial charge in [-0.05, 0) is 78.9 Å². The Morgan fingerprint density at radius 3 is 1.97 bits per heavy atom. The van der Waals surface area contributed by atoms with Crippen molar-refractivity contribution < 1.29 is 8.78 Å². The van der Waals surface area contributed by atoms with Crippen LogP contribution in [0.1, 0.15) is 94.6 Å². The summed E-state index contributed by atoms with van der Waals surface area (Å²) in [6, 6.07) is 11.8. The molecule has 0 nitrogen and oxygen atoms in total. The Morgan fingerprint density at radius 1 is 0.724 bits per heavy atom. The van der Waals surface area contributed by atoms with Crippen molar-refractivity contribution in [1.29, 1.82) is 0 Å². The third-order valence-corrected chi connectivity index (χ3v) is 7.69. The van der Waals surface area contributed by atoms with Gasteiger partial charge >= 0.3 is 0 Å². The Kier molecular flexibility index (Phi) is 6.37. The van der Waals surface area contributed by atoms with E-state index < -0.39 is 11.6 Å². The quantitative estimate of drug-likeness (QED) is 0.485. The molecule has 0 bridgehead atoms. The van der Waals surface area contributed by atoms with Gasteiger partial charge in [0.25, 0.3) is 0 Å². The normalized spacial score (nSPS) is 27.7. The van der Waals surface area contributed by atoms with Crippen molar-refractivity contribution in [3.05, 3.63) is 59.2 Å². The van der Waals surface area contributed by atoms with Crippen LogP contribution in [0.5, 0.6) is 0 Å². The van der Waals surface area contributed by atoms with Crippen LogP contribution >= 0.6 is 0 Å². The first-order valence-corrected chi connectivity index (χ1v) is 11.6. The number of halogens is 2. The van der Waals surface area contributed by atoms with Gasteiger partial charge in [0, 0.05) is 5.56 Å². The first kappa shape index (κ1) is 20.6. The van der Waals surface area contributed by atoms with Gasteiger partial charge in [0.15, 0.2) is 11.6 Å². The smallest absolute Gasteiger partial charge is 0.166 e. The van der Waals surface area contributed by atoms with E-state index in [0.717, 1.165) is 43.1 Å². The summed E-state index contributed by atoms with van der Waals surface area (Å²) in [6.45, 7) is 4.55. The second kappa shape index (κ2) is 8.98. The van der Waals surface area contributed by atoms with Crippen LogP contribution in [0, 0.1) is 23.5 Å². The summed E-state index contributed by atoms with van der Waals surface area (Å²) >= 11 is 0. The third-order valence-electron chi connectivity index (χ3n) is 7.69. The van der Waals surface area contributed by atoms with Crippen molar-refractivity contribution in [3.63, 3.8) is 0 Å². The molecule has 2 aliphatic rings. The Balaban J connectivity index is 1.51. The molecule has 2 aromatic rings. The highest BCUT2D eigenvalue weighted by Crippen LogP contribution is 2.40. The highest BCUT2D eigenvalue weighted by atomic mass is 19.2. The largest absolute Gasteiger partial charge is 0.203 e. The second-order valence-corrected chi connectivity index (χ2v) is 9.54. The Morgan fingerprint density at radius 2 is 1.34 bits per heavy atom. The molecule has 2 saturated carbocycles. The SMILES string of the molecule is CCC1CCC(c2ccc(-c3ccc(C4CCC(C)CC4)cc3)c(F)c2F)CC1. The molecular weight excluding hydrogens is 362 g/mol.